The molecule has 24 heavy (non-hydrogen) atoms. The second-order valence-corrected chi connectivity index (χ2v) is 8.55. The standard InChI is InChI=1S/C14H15F3N4OS2/c1-8(21-24(22)13(2,3)4)12-19-11(20-23-12)9-5-6-18-10(7-9)14(15,16)17/h5-7H,1-4H3/t24-/m1/s1. The number of nitrogens with zero attached hydrogens (tertiary/aromatic N) is 4. The number of halogens is 3. The lowest BCUT2D eigenvalue weighted by molar-refractivity contribution is -0.141. The largest absolute Gasteiger partial charge is 0.591 e. The predicted molar refractivity (Wildman–Crippen MR) is 88.2 cm³/mol. The average molecular weight is 376 g/mol. The van der Waals surface area contributed by atoms with E-state index in [1.54, 1.807) is 27.7 Å². The number of rotatable bonds is 3. The van der Waals surface area contributed by atoms with E-state index in [0.29, 0.717) is 10.7 Å². The molecule has 2 heterocycles. The Balaban J connectivity index is 2.30. The van der Waals surface area contributed by atoms with Crippen molar-refractivity contribution in [1.29, 1.82) is 0 Å². The van der Waals surface area contributed by atoms with Gasteiger partial charge in [0.05, 0.1) is 0 Å². The van der Waals surface area contributed by atoms with Gasteiger partial charge in [-0.05, 0) is 51.4 Å². The van der Waals surface area contributed by atoms with E-state index in [4.69, 9.17) is 0 Å². The minimum absolute atomic E-state index is 0.152. The van der Waals surface area contributed by atoms with Crippen LogP contribution in [0.3, 0.4) is 0 Å². The Morgan fingerprint density at radius 1 is 1.29 bits per heavy atom. The molecule has 0 fully saturated rings. The first-order valence-electron chi connectivity index (χ1n) is 6.83. The molecule has 0 amide bonds. The van der Waals surface area contributed by atoms with E-state index in [0.717, 1.165) is 23.8 Å². The Labute approximate surface area is 144 Å². The Hall–Kier alpha value is -1.52. The molecule has 0 aromatic carbocycles. The maximum absolute atomic E-state index is 12.7. The fourth-order valence-corrected chi connectivity index (χ4v) is 2.80. The first-order chi connectivity index (χ1) is 11.0. The average Bonchev–Trinajstić information content (AvgIpc) is 2.95. The fraction of sp³-hybridized carbons (Fsp3) is 0.429. The van der Waals surface area contributed by atoms with Crippen molar-refractivity contribution in [2.75, 3.05) is 0 Å². The topological polar surface area (TPSA) is 74.1 Å². The molecule has 0 aliphatic heterocycles. The lowest BCUT2D eigenvalue weighted by Crippen LogP contribution is -2.26. The molecule has 0 spiro atoms. The van der Waals surface area contributed by atoms with Crippen molar-refractivity contribution in [3.63, 3.8) is 0 Å². The maximum Gasteiger partial charge on any atom is 0.433 e. The summed E-state index contributed by atoms with van der Waals surface area (Å²) in [5, 5.41) is 0.410. The van der Waals surface area contributed by atoms with Crippen LogP contribution in [0.1, 0.15) is 38.4 Å². The quantitative estimate of drug-likeness (QED) is 0.602. The highest BCUT2D eigenvalue weighted by atomic mass is 32.2. The SMILES string of the molecule is CC(=N[S@+]([O-])C(C)(C)C)c1nc(-c2ccnc(C(F)(F)F)c2)ns1. The van der Waals surface area contributed by atoms with Crippen LogP contribution in [0.15, 0.2) is 22.7 Å². The first-order valence-corrected chi connectivity index (χ1v) is 8.71. The van der Waals surface area contributed by atoms with E-state index in [1.807, 2.05) is 0 Å². The molecule has 1 atom stereocenters. The van der Waals surface area contributed by atoms with E-state index < -0.39 is 28.0 Å². The van der Waals surface area contributed by atoms with Crippen LogP contribution < -0.4 is 0 Å². The first kappa shape index (κ1) is 18.8. The zero-order valence-corrected chi connectivity index (χ0v) is 15.0. The summed E-state index contributed by atoms with van der Waals surface area (Å²) in [6.07, 6.45) is -3.47. The molecule has 2 aromatic heterocycles. The van der Waals surface area contributed by atoms with Gasteiger partial charge in [-0.25, -0.2) is 4.98 Å². The van der Waals surface area contributed by atoms with Crippen LogP contribution in [0.25, 0.3) is 11.4 Å². The minimum atomic E-state index is -4.53. The zero-order chi connectivity index (χ0) is 18.1. The summed E-state index contributed by atoms with van der Waals surface area (Å²) in [6, 6.07) is 2.30. The van der Waals surface area contributed by atoms with Crippen molar-refractivity contribution in [3.05, 3.63) is 29.0 Å². The molecule has 130 valence electrons. The van der Waals surface area contributed by atoms with Gasteiger partial charge in [-0.3, -0.25) is 4.98 Å². The lowest BCUT2D eigenvalue weighted by atomic mass is 10.2. The van der Waals surface area contributed by atoms with Crippen molar-refractivity contribution in [2.24, 2.45) is 4.40 Å². The molecular weight excluding hydrogens is 361 g/mol. The van der Waals surface area contributed by atoms with Gasteiger partial charge in [0.15, 0.2) is 10.8 Å². The summed E-state index contributed by atoms with van der Waals surface area (Å²) in [7, 11) is 0. The van der Waals surface area contributed by atoms with E-state index in [1.165, 1.54) is 6.07 Å². The van der Waals surface area contributed by atoms with Crippen LogP contribution >= 0.6 is 11.5 Å². The fourth-order valence-electron chi connectivity index (χ4n) is 1.51. The predicted octanol–water partition coefficient (Wildman–Crippen LogP) is 3.89. The van der Waals surface area contributed by atoms with Gasteiger partial charge in [-0.2, -0.15) is 17.5 Å². The number of hydrogen-bond acceptors (Lipinski definition) is 6. The lowest BCUT2D eigenvalue weighted by Gasteiger charge is -2.18. The Kier molecular flexibility index (Phi) is 5.31. The Morgan fingerprint density at radius 2 is 1.96 bits per heavy atom. The summed E-state index contributed by atoms with van der Waals surface area (Å²) in [5.41, 5.74) is -0.364. The van der Waals surface area contributed by atoms with Crippen molar-refractivity contribution >= 4 is 28.6 Å². The Morgan fingerprint density at radius 3 is 2.54 bits per heavy atom. The van der Waals surface area contributed by atoms with Crippen molar-refractivity contribution < 1.29 is 17.7 Å². The molecule has 2 aromatic rings. The minimum Gasteiger partial charge on any atom is -0.591 e. The highest BCUT2D eigenvalue weighted by Gasteiger charge is 2.33. The number of aromatic nitrogens is 3. The normalized spacial score (nSPS) is 14.8. The zero-order valence-electron chi connectivity index (χ0n) is 13.4. The van der Waals surface area contributed by atoms with Crippen LogP contribution in [-0.2, 0) is 17.5 Å². The van der Waals surface area contributed by atoms with E-state index in [2.05, 4.69) is 18.7 Å². The summed E-state index contributed by atoms with van der Waals surface area (Å²) in [5.74, 6) is 0.152. The molecule has 10 heteroatoms. The van der Waals surface area contributed by atoms with Gasteiger partial charge < -0.3 is 4.55 Å². The molecule has 0 radical (unpaired) electrons. The third-order valence-corrected chi connectivity index (χ3v) is 5.10. The summed E-state index contributed by atoms with van der Waals surface area (Å²) >= 11 is -0.460. The molecule has 5 nitrogen and oxygen atoms in total. The van der Waals surface area contributed by atoms with Crippen LogP contribution in [0.2, 0.25) is 0 Å². The molecule has 0 aliphatic carbocycles. The van der Waals surface area contributed by atoms with Crippen LogP contribution in [-0.4, -0.2) is 29.4 Å². The highest BCUT2D eigenvalue weighted by Crippen LogP contribution is 2.30. The maximum atomic E-state index is 12.7. The summed E-state index contributed by atoms with van der Waals surface area (Å²) in [6.45, 7) is 7.02. The molecule has 0 bridgehead atoms. The van der Waals surface area contributed by atoms with Gasteiger partial charge in [0.2, 0.25) is 0 Å². The molecule has 0 saturated heterocycles. The second-order valence-electron chi connectivity index (χ2n) is 5.89. The van der Waals surface area contributed by atoms with Gasteiger partial charge in [-0.1, -0.05) is 4.40 Å². The molecule has 2 rings (SSSR count). The number of alkyl halides is 3. The number of pyridine rings is 1. The van der Waals surface area contributed by atoms with E-state index in [9.17, 15) is 17.7 Å². The molecule has 0 N–H and O–H groups in total. The third-order valence-electron chi connectivity index (χ3n) is 2.79. The number of hydrogen-bond donors (Lipinski definition) is 0. The molecule has 0 unspecified atom stereocenters. The van der Waals surface area contributed by atoms with Crippen LogP contribution in [0, 0.1) is 0 Å². The molecule has 0 saturated carbocycles. The second kappa shape index (κ2) is 6.77. The van der Waals surface area contributed by atoms with E-state index >= 15 is 0 Å². The summed E-state index contributed by atoms with van der Waals surface area (Å²) < 4.78 is 57.8. The van der Waals surface area contributed by atoms with Gasteiger partial charge in [0.1, 0.15) is 27.5 Å². The van der Waals surface area contributed by atoms with Crippen molar-refractivity contribution in [2.45, 2.75) is 38.6 Å². The van der Waals surface area contributed by atoms with Crippen molar-refractivity contribution in [1.82, 2.24) is 14.3 Å². The Bertz CT molecular complexity index is 753. The van der Waals surface area contributed by atoms with E-state index in [-0.39, 0.29) is 11.4 Å². The highest BCUT2D eigenvalue weighted by molar-refractivity contribution is 7.91. The van der Waals surface area contributed by atoms with Crippen LogP contribution in [0.5, 0.6) is 0 Å². The van der Waals surface area contributed by atoms with Gasteiger partial charge in [0, 0.05) is 11.8 Å². The van der Waals surface area contributed by atoms with Crippen LogP contribution in [0.4, 0.5) is 13.2 Å². The molecular formula is C14H15F3N4OS2. The monoisotopic (exact) mass is 376 g/mol. The molecule has 0 aliphatic rings. The van der Waals surface area contributed by atoms with Gasteiger partial charge in [-0.15, -0.1) is 0 Å². The van der Waals surface area contributed by atoms with Crippen molar-refractivity contribution in [3.8, 4) is 11.4 Å². The smallest absolute Gasteiger partial charge is 0.433 e. The summed E-state index contributed by atoms with van der Waals surface area (Å²) in [4.78, 5) is 7.49. The van der Waals surface area contributed by atoms with Gasteiger partial charge >= 0.3 is 6.18 Å². The van der Waals surface area contributed by atoms with Gasteiger partial charge in [0.25, 0.3) is 0 Å². The third kappa shape index (κ3) is 4.52.